The molecule has 0 radical (unpaired) electrons. The van der Waals surface area contributed by atoms with E-state index in [4.69, 9.17) is 15.0 Å². The lowest BCUT2D eigenvalue weighted by molar-refractivity contribution is 1.18. The molecule has 0 aliphatic carbocycles. The zero-order valence-corrected chi connectivity index (χ0v) is 34.6. The van der Waals surface area contributed by atoms with Crippen LogP contribution >= 0.6 is 0 Å². The Morgan fingerprint density at radius 3 is 1.56 bits per heavy atom. The Hall–Kier alpha value is -8.67. The van der Waals surface area contributed by atoms with Gasteiger partial charge in [0.25, 0.3) is 0 Å². The van der Waals surface area contributed by atoms with Crippen molar-refractivity contribution in [3.05, 3.63) is 225 Å². The topological polar surface area (TPSA) is 48.5 Å². The van der Waals surface area contributed by atoms with Gasteiger partial charge >= 0.3 is 0 Å². The maximum absolute atomic E-state index is 5.41. The minimum Gasteiger partial charge on any atom is -0.309 e. The van der Waals surface area contributed by atoms with E-state index in [1.807, 2.05) is 18.5 Å². The second-order valence-electron chi connectivity index (χ2n) is 16.4. The number of para-hydroxylation sites is 5. The molecule has 5 heterocycles. The van der Waals surface area contributed by atoms with Crippen molar-refractivity contribution in [2.75, 3.05) is 0 Å². The number of rotatable bonds is 6. The van der Waals surface area contributed by atoms with E-state index >= 15 is 0 Å². The molecule has 0 bridgehead atoms. The second kappa shape index (κ2) is 14.5. The summed E-state index contributed by atoms with van der Waals surface area (Å²) in [6, 6.07) is 75.8. The molecule has 0 aliphatic heterocycles. The smallest absolute Gasteiger partial charge is 0.0795 e. The van der Waals surface area contributed by atoms with Gasteiger partial charge in [0.2, 0.25) is 0 Å². The minimum absolute atomic E-state index is 0.885. The van der Waals surface area contributed by atoms with Crippen molar-refractivity contribution in [2.24, 2.45) is 0 Å². The van der Waals surface area contributed by atoms with Gasteiger partial charge in [-0.15, -0.1) is 0 Å². The van der Waals surface area contributed by atoms with Crippen molar-refractivity contribution < 1.29 is 0 Å². The molecule has 5 aromatic heterocycles. The predicted molar refractivity (Wildman–Crippen MR) is 265 cm³/mol. The lowest BCUT2D eigenvalue weighted by atomic mass is 9.95. The van der Waals surface area contributed by atoms with Crippen molar-refractivity contribution in [1.82, 2.24) is 24.1 Å². The second-order valence-corrected chi connectivity index (χ2v) is 16.4. The first kappa shape index (κ1) is 36.0. The molecule has 0 fully saturated rings. The van der Waals surface area contributed by atoms with Crippen LogP contribution in [0.2, 0.25) is 0 Å². The maximum Gasteiger partial charge on any atom is 0.0795 e. The third-order valence-electron chi connectivity index (χ3n) is 12.8. The highest BCUT2D eigenvalue weighted by Gasteiger charge is 2.18. The largest absolute Gasteiger partial charge is 0.309 e. The van der Waals surface area contributed by atoms with E-state index in [0.717, 1.165) is 83.5 Å². The summed E-state index contributed by atoms with van der Waals surface area (Å²) in [7, 11) is 0. The number of pyridine rings is 3. The Balaban J connectivity index is 0.990. The molecule has 8 aromatic carbocycles. The average molecular weight is 816 g/mol. The number of fused-ring (bicyclic) bond motifs is 8. The van der Waals surface area contributed by atoms with Crippen LogP contribution in [0.4, 0.5) is 0 Å². The molecule has 0 saturated carbocycles. The lowest BCUT2D eigenvalue weighted by Crippen LogP contribution is -1.94. The fourth-order valence-electron chi connectivity index (χ4n) is 9.81. The summed E-state index contributed by atoms with van der Waals surface area (Å²) in [6.07, 6.45) is 3.85. The molecular weight excluding hydrogens is 779 g/mol. The highest BCUT2D eigenvalue weighted by Crippen LogP contribution is 2.40. The third kappa shape index (κ3) is 5.75. The van der Waals surface area contributed by atoms with Gasteiger partial charge < -0.3 is 9.13 Å². The molecule has 0 saturated heterocycles. The number of hydrogen-bond donors (Lipinski definition) is 0. The molecular formula is C59H37N5. The summed E-state index contributed by atoms with van der Waals surface area (Å²) in [6.45, 7) is 0. The van der Waals surface area contributed by atoms with Crippen molar-refractivity contribution >= 4 is 65.4 Å². The Morgan fingerprint density at radius 2 is 0.891 bits per heavy atom. The van der Waals surface area contributed by atoms with Gasteiger partial charge in [-0.2, -0.15) is 0 Å². The average Bonchev–Trinajstić information content (AvgIpc) is 3.88. The molecule has 13 aromatic rings. The number of benzene rings is 8. The monoisotopic (exact) mass is 815 g/mol. The van der Waals surface area contributed by atoms with Gasteiger partial charge in [0.1, 0.15) is 0 Å². The third-order valence-corrected chi connectivity index (χ3v) is 12.8. The van der Waals surface area contributed by atoms with Crippen molar-refractivity contribution in [2.45, 2.75) is 0 Å². The van der Waals surface area contributed by atoms with Crippen LogP contribution in [0.1, 0.15) is 0 Å². The van der Waals surface area contributed by atoms with Crippen LogP contribution in [-0.2, 0) is 0 Å². The van der Waals surface area contributed by atoms with E-state index in [9.17, 15) is 0 Å². The highest BCUT2D eigenvalue weighted by molar-refractivity contribution is 6.12. The molecule has 0 aliphatic rings. The van der Waals surface area contributed by atoms with Gasteiger partial charge in [0, 0.05) is 72.8 Å². The maximum atomic E-state index is 5.41. The van der Waals surface area contributed by atoms with Crippen LogP contribution in [0.3, 0.4) is 0 Å². The van der Waals surface area contributed by atoms with Gasteiger partial charge in [-0.05, 0) is 108 Å². The molecule has 298 valence electrons. The van der Waals surface area contributed by atoms with Gasteiger partial charge in [-0.1, -0.05) is 121 Å². The van der Waals surface area contributed by atoms with Crippen LogP contribution in [0, 0.1) is 0 Å². The molecule has 0 N–H and O–H groups in total. The van der Waals surface area contributed by atoms with E-state index in [1.165, 1.54) is 38.1 Å². The SMILES string of the molecule is c1ccc(-n2c3ccccc3c3cc(-c4ccc5nc(-c6ccc7c(c6)c6ccccc6n7-c6ccccc6)cc(-c6ccc(-c7cccc8cccnc78)nc6)c5c4)ccc32)cc1. The summed E-state index contributed by atoms with van der Waals surface area (Å²) >= 11 is 0. The molecule has 5 nitrogen and oxygen atoms in total. The quantitative estimate of drug-likeness (QED) is 0.168. The minimum atomic E-state index is 0.885. The van der Waals surface area contributed by atoms with Crippen molar-refractivity contribution in [1.29, 1.82) is 0 Å². The van der Waals surface area contributed by atoms with Gasteiger partial charge in [0.15, 0.2) is 0 Å². The normalized spacial score (nSPS) is 11.8. The van der Waals surface area contributed by atoms with Gasteiger partial charge in [0.05, 0.1) is 44.5 Å². The molecule has 13 rings (SSSR count). The van der Waals surface area contributed by atoms with Crippen LogP contribution in [0.15, 0.2) is 225 Å². The van der Waals surface area contributed by atoms with E-state index in [1.54, 1.807) is 0 Å². The number of hydrogen-bond acceptors (Lipinski definition) is 3. The van der Waals surface area contributed by atoms with E-state index in [-0.39, 0.29) is 0 Å². The highest BCUT2D eigenvalue weighted by atomic mass is 15.0. The van der Waals surface area contributed by atoms with E-state index < -0.39 is 0 Å². The zero-order valence-electron chi connectivity index (χ0n) is 34.6. The first-order chi connectivity index (χ1) is 31.7. The van der Waals surface area contributed by atoms with Crippen LogP contribution in [-0.4, -0.2) is 24.1 Å². The zero-order chi connectivity index (χ0) is 42.1. The lowest BCUT2D eigenvalue weighted by Gasteiger charge is -2.13. The molecule has 0 unspecified atom stereocenters. The first-order valence-electron chi connectivity index (χ1n) is 21.7. The molecule has 5 heteroatoms. The molecule has 0 amide bonds. The Bertz CT molecular complexity index is 3940. The number of aromatic nitrogens is 5. The fraction of sp³-hybridized carbons (Fsp3) is 0. The standard InChI is InChI=1S/C59H37N5/c1-3-15-43(16-4-1)63-55-22-9-7-19-45(55)50-34-40(26-30-57(50)63)39-24-29-53-49(33-39)48(42-25-28-52(61-37-42)47-21-11-13-38-14-12-32-60-59(38)47)36-54(62-53)41-27-31-58-51(35-41)46-20-8-10-23-56(46)64(58)44-17-5-2-6-18-44/h1-37H. The van der Waals surface area contributed by atoms with E-state index in [2.05, 4.69) is 215 Å². The molecule has 64 heavy (non-hydrogen) atoms. The van der Waals surface area contributed by atoms with Crippen LogP contribution < -0.4 is 0 Å². The summed E-state index contributed by atoms with van der Waals surface area (Å²) < 4.78 is 4.71. The Morgan fingerprint density at radius 1 is 0.328 bits per heavy atom. The summed E-state index contributed by atoms with van der Waals surface area (Å²) in [5.74, 6) is 0. The van der Waals surface area contributed by atoms with Crippen LogP contribution in [0.5, 0.6) is 0 Å². The Labute approximate surface area is 368 Å². The molecule has 0 atom stereocenters. The van der Waals surface area contributed by atoms with Crippen LogP contribution in [0.25, 0.3) is 122 Å². The van der Waals surface area contributed by atoms with Crippen molar-refractivity contribution in [3.63, 3.8) is 0 Å². The first-order valence-corrected chi connectivity index (χ1v) is 21.7. The summed E-state index contributed by atoms with van der Waals surface area (Å²) in [5.41, 5.74) is 17.1. The number of nitrogens with zero attached hydrogens (tertiary/aromatic N) is 5. The summed E-state index contributed by atoms with van der Waals surface area (Å²) in [4.78, 5) is 15.2. The van der Waals surface area contributed by atoms with Gasteiger partial charge in [-0.25, -0.2) is 4.98 Å². The fourth-order valence-corrected chi connectivity index (χ4v) is 9.81. The van der Waals surface area contributed by atoms with Gasteiger partial charge in [-0.3, -0.25) is 9.97 Å². The molecule has 0 spiro atoms. The van der Waals surface area contributed by atoms with E-state index in [0.29, 0.717) is 0 Å². The predicted octanol–water partition coefficient (Wildman–Crippen LogP) is 15.0. The van der Waals surface area contributed by atoms with Crippen molar-refractivity contribution in [3.8, 4) is 56.1 Å². The Kier molecular flexibility index (Phi) is 8.15. The summed E-state index contributed by atoms with van der Waals surface area (Å²) in [5, 5.41) is 7.01.